The number of ether oxygens (including phenoxy) is 1. The normalized spacial score (nSPS) is 11.6. The van der Waals surface area contributed by atoms with Gasteiger partial charge < -0.3 is 10.1 Å². The molecule has 0 spiro atoms. The maximum atomic E-state index is 11.7. The van der Waals surface area contributed by atoms with Crippen LogP contribution in [0.5, 0.6) is 0 Å². The van der Waals surface area contributed by atoms with Crippen molar-refractivity contribution in [2.24, 2.45) is 0 Å². The van der Waals surface area contributed by atoms with E-state index in [2.05, 4.69) is 5.32 Å². The number of non-ortho nitro benzene ring substituents is 1. The molecule has 8 heteroatoms. The predicted molar refractivity (Wildman–Crippen MR) is 85.5 cm³/mol. The summed E-state index contributed by atoms with van der Waals surface area (Å²) < 4.78 is 5.02. The lowest BCUT2D eigenvalue weighted by Gasteiger charge is -2.16. The highest BCUT2D eigenvalue weighted by molar-refractivity contribution is 6.28. The first-order valence-electron chi connectivity index (χ1n) is 7.23. The van der Waals surface area contributed by atoms with Gasteiger partial charge in [-0.15, -0.1) is 11.6 Å². The summed E-state index contributed by atoms with van der Waals surface area (Å²) in [5, 5.41) is 13.0. The van der Waals surface area contributed by atoms with Crippen LogP contribution in [0.1, 0.15) is 31.7 Å². The number of hydrogen-bond acceptors (Lipinski definition) is 5. The molecular weight excluding hydrogens is 324 g/mol. The van der Waals surface area contributed by atoms with Crippen molar-refractivity contribution in [3.63, 3.8) is 0 Å². The average molecular weight is 343 g/mol. The Balaban J connectivity index is 2.50. The van der Waals surface area contributed by atoms with E-state index in [0.717, 1.165) is 12.8 Å². The number of alkyl halides is 1. The molecule has 0 aliphatic heterocycles. The fourth-order valence-electron chi connectivity index (χ4n) is 1.86. The molecule has 0 fully saturated rings. The van der Waals surface area contributed by atoms with Crippen molar-refractivity contribution in [1.82, 2.24) is 5.32 Å². The first-order chi connectivity index (χ1) is 11.0. The zero-order valence-electron chi connectivity index (χ0n) is 12.8. The summed E-state index contributed by atoms with van der Waals surface area (Å²) in [5.74, 6) is -0.427. The minimum Gasteiger partial charge on any atom is -0.445 e. The Labute approximate surface area is 139 Å². The molecule has 0 aromatic heterocycles. The number of nitrogens with zero attached hydrogens (tertiary/aromatic N) is 1. The quantitative estimate of drug-likeness (QED) is 0.422. The molecule has 0 saturated carbocycles. The summed E-state index contributed by atoms with van der Waals surface area (Å²) in [7, 11) is 0. The van der Waals surface area contributed by atoms with E-state index in [4.69, 9.17) is 16.3 Å². The molecule has 1 N–H and O–H groups in total. The highest BCUT2D eigenvalue weighted by atomic mass is 35.5. The first kappa shape index (κ1) is 18.9. The first-order valence-corrected chi connectivity index (χ1v) is 7.76. The average Bonchev–Trinajstić information content (AvgIpc) is 2.56. The molecule has 1 atom stereocenters. The SMILES string of the molecule is CCCC[C@H](NC(=O)OCc1ccc([N+](=O)[O-])cc1)C(=O)CCl. The third-order valence-corrected chi connectivity index (χ3v) is 3.44. The maximum absolute atomic E-state index is 11.7. The molecule has 0 aliphatic rings. The lowest BCUT2D eigenvalue weighted by Crippen LogP contribution is -2.41. The van der Waals surface area contributed by atoms with Crippen molar-refractivity contribution in [2.75, 3.05) is 5.88 Å². The number of carbonyl (C=O) groups excluding carboxylic acids is 2. The maximum Gasteiger partial charge on any atom is 0.408 e. The van der Waals surface area contributed by atoms with Crippen LogP contribution in [0.4, 0.5) is 10.5 Å². The number of alkyl carbamates (subject to hydrolysis) is 1. The van der Waals surface area contributed by atoms with Crippen LogP contribution in [0, 0.1) is 10.1 Å². The number of nitrogens with one attached hydrogen (secondary N) is 1. The largest absolute Gasteiger partial charge is 0.445 e. The van der Waals surface area contributed by atoms with Gasteiger partial charge in [-0.1, -0.05) is 19.8 Å². The molecule has 0 heterocycles. The summed E-state index contributed by atoms with van der Waals surface area (Å²) in [6.45, 7) is 1.94. The molecule has 1 aromatic carbocycles. The second-order valence-corrected chi connectivity index (χ2v) is 5.21. The number of rotatable bonds is 9. The number of benzene rings is 1. The van der Waals surface area contributed by atoms with Gasteiger partial charge in [-0.05, 0) is 24.1 Å². The Morgan fingerprint density at radius 2 is 2.00 bits per heavy atom. The van der Waals surface area contributed by atoms with Gasteiger partial charge in [0.25, 0.3) is 5.69 Å². The number of carbonyl (C=O) groups is 2. The van der Waals surface area contributed by atoms with Crippen LogP contribution < -0.4 is 5.32 Å². The fraction of sp³-hybridized carbons (Fsp3) is 0.467. The molecule has 1 amide bonds. The molecule has 0 radical (unpaired) electrons. The second-order valence-electron chi connectivity index (χ2n) is 4.94. The minimum atomic E-state index is -0.720. The topological polar surface area (TPSA) is 98.5 Å². The molecule has 0 aliphatic carbocycles. The molecule has 1 rings (SSSR count). The van der Waals surface area contributed by atoms with E-state index in [0.29, 0.717) is 12.0 Å². The smallest absolute Gasteiger partial charge is 0.408 e. The van der Waals surface area contributed by atoms with E-state index in [1.54, 1.807) is 0 Å². The van der Waals surface area contributed by atoms with Gasteiger partial charge in [0.05, 0.1) is 16.8 Å². The standard InChI is InChI=1S/C15H19ClN2O5/c1-2-3-4-13(14(19)9-16)17-15(20)23-10-11-5-7-12(8-6-11)18(21)22/h5-8,13H,2-4,9-10H2,1H3,(H,17,20)/t13-/m0/s1. The van der Waals surface area contributed by atoms with Crippen LogP contribution in [0.25, 0.3) is 0 Å². The fourth-order valence-corrected chi connectivity index (χ4v) is 2.05. The van der Waals surface area contributed by atoms with Gasteiger partial charge in [-0.25, -0.2) is 4.79 Å². The van der Waals surface area contributed by atoms with Crippen molar-refractivity contribution in [3.8, 4) is 0 Å². The predicted octanol–water partition coefficient (Wildman–Crippen LogP) is 3.19. The van der Waals surface area contributed by atoms with Crippen LogP contribution in [-0.2, 0) is 16.1 Å². The van der Waals surface area contributed by atoms with Crippen molar-refractivity contribution in [3.05, 3.63) is 39.9 Å². The lowest BCUT2D eigenvalue weighted by molar-refractivity contribution is -0.384. The number of Topliss-reactive ketones (excluding diaryl/α,β-unsaturated/α-hetero) is 1. The summed E-state index contributed by atoms with van der Waals surface area (Å²) in [4.78, 5) is 33.5. The summed E-state index contributed by atoms with van der Waals surface area (Å²) >= 11 is 5.53. The molecule has 7 nitrogen and oxygen atoms in total. The lowest BCUT2D eigenvalue weighted by atomic mass is 10.1. The summed E-state index contributed by atoms with van der Waals surface area (Å²) in [5.41, 5.74) is 0.574. The number of nitro groups is 1. The van der Waals surface area contributed by atoms with Crippen LogP contribution in [0.2, 0.25) is 0 Å². The number of ketones is 1. The zero-order valence-corrected chi connectivity index (χ0v) is 13.5. The Morgan fingerprint density at radius 1 is 1.35 bits per heavy atom. The Kier molecular flexibility index (Phi) is 8.04. The molecular formula is C15H19ClN2O5. The number of nitro benzene ring substituents is 1. The molecule has 0 bridgehead atoms. The van der Waals surface area contributed by atoms with Gasteiger partial charge in [0, 0.05) is 12.1 Å². The molecule has 126 valence electrons. The Bertz CT molecular complexity index is 547. The number of hydrogen-bond donors (Lipinski definition) is 1. The van der Waals surface area contributed by atoms with E-state index in [9.17, 15) is 19.7 Å². The van der Waals surface area contributed by atoms with Gasteiger partial charge in [-0.2, -0.15) is 0 Å². The number of halogens is 1. The van der Waals surface area contributed by atoms with Crippen LogP contribution in [0.3, 0.4) is 0 Å². The van der Waals surface area contributed by atoms with Crippen molar-refractivity contribution < 1.29 is 19.2 Å². The van der Waals surface area contributed by atoms with Gasteiger partial charge in [0.2, 0.25) is 0 Å². The highest BCUT2D eigenvalue weighted by Gasteiger charge is 2.20. The molecule has 23 heavy (non-hydrogen) atoms. The minimum absolute atomic E-state index is 0.0365. The van der Waals surface area contributed by atoms with Gasteiger partial charge in [0.15, 0.2) is 5.78 Å². The van der Waals surface area contributed by atoms with E-state index < -0.39 is 17.1 Å². The van der Waals surface area contributed by atoms with E-state index in [-0.39, 0.29) is 24.0 Å². The Hall–Kier alpha value is -2.15. The monoisotopic (exact) mass is 342 g/mol. The van der Waals surface area contributed by atoms with Crippen LogP contribution in [-0.4, -0.2) is 28.7 Å². The van der Waals surface area contributed by atoms with Gasteiger partial charge in [0.1, 0.15) is 6.61 Å². The molecule has 1 aromatic rings. The van der Waals surface area contributed by atoms with Crippen LogP contribution in [0.15, 0.2) is 24.3 Å². The number of amides is 1. The third-order valence-electron chi connectivity index (χ3n) is 3.18. The highest BCUT2D eigenvalue weighted by Crippen LogP contribution is 2.12. The summed E-state index contributed by atoms with van der Waals surface area (Å²) in [6, 6.07) is 5.01. The zero-order chi connectivity index (χ0) is 17.2. The van der Waals surface area contributed by atoms with E-state index in [1.807, 2.05) is 6.92 Å². The van der Waals surface area contributed by atoms with Gasteiger partial charge >= 0.3 is 6.09 Å². The van der Waals surface area contributed by atoms with E-state index in [1.165, 1.54) is 24.3 Å². The van der Waals surface area contributed by atoms with Crippen LogP contribution >= 0.6 is 11.6 Å². The second kappa shape index (κ2) is 9.78. The molecule has 0 saturated heterocycles. The molecule has 0 unspecified atom stereocenters. The van der Waals surface area contributed by atoms with Crippen molar-refractivity contribution >= 4 is 29.2 Å². The summed E-state index contributed by atoms with van der Waals surface area (Å²) in [6.07, 6.45) is 1.47. The van der Waals surface area contributed by atoms with E-state index >= 15 is 0 Å². The van der Waals surface area contributed by atoms with Crippen molar-refractivity contribution in [2.45, 2.75) is 38.8 Å². The van der Waals surface area contributed by atoms with Crippen molar-refractivity contribution in [1.29, 1.82) is 0 Å². The Morgan fingerprint density at radius 3 is 2.52 bits per heavy atom. The van der Waals surface area contributed by atoms with Gasteiger partial charge in [-0.3, -0.25) is 14.9 Å². The number of unbranched alkanes of at least 4 members (excludes halogenated alkanes) is 1. The third kappa shape index (κ3) is 6.65.